The first-order chi connectivity index (χ1) is 7.88. The van der Waals surface area contributed by atoms with Gasteiger partial charge in [0.2, 0.25) is 0 Å². The van der Waals surface area contributed by atoms with E-state index in [-0.39, 0.29) is 6.04 Å². The third-order valence-corrected chi connectivity index (χ3v) is 3.10. The van der Waals surface area contributed by atoms with E-state index in [9.17, 15) is 4.79 Å². The van der Waals surface area contributed by atoms with Crippen LogP contribution in [0.3, 0.4) is 0 Å². The maximum Gasteiger partial charge on any atom is 0.272 e. The average molecular weight is 291 g/mol. The summed E-state index contributed by atoms with van der Waals surface area (Å²) in [5.74, 6) is -0.620. The van der Waals surface area contributed by atoms with Gasteiger partial charge in [0.15, 0.2) is 0 Å². The van der Waals surface area contributed by atoms with E-state index < -0.39 is 9.70 Å². The number of alkyl halides is 3. The molecule has 0 saturated carbocycles. The summed E-state index contributed by atoms with van der Waals surface area (Å²) < 4.78 is -1.93. The fourth-order valence-corrected chi connectivity index (χ4v) is 1.94. The normalized spacial score (nSPS) is 18.0. The van der Waals surface area contributed by atoms with Crippen LogP contribution in [0.4, 0.5) is 0 Å². The maximum absolute atomic E-state index is 11.6. The number of amides is 1. The SMILES string of the molecule is Cc1ccc2c(c1)C=CC2NC(=O)C(Cl)(Cl)Cl. The Kier molecular flexibility index (Phi) is 3.39. The number of nitrogens with one attached hydrogen (secondary N) is 1. The van der Waals surface area contributed by atoms with Gasteiger partial charge in [-0.25, -0.2) is 0 Å². The van der Waals surface area contributed by atoms with E-state index in [0.29, 0.717) is 0 Å². The Morgan fingerprint density at radius 2 is 2.06 bits per heavy atom. The van der Waals surface area contributed by atoms with Gasteiger partial charge >= 0.3 is 0 Å². The molecule has 1 aliphatic carbocycles. The van der Waals surface area contributed by atoms with Crippen LogP contribution in [-0.2, 0) is 4.79 Å². The van der Waals surface area contributed by atoms with Gasteiger partial charge in [0.05, 0.1) is 6.04 Å². The van der Waals surface area contributed by atoms with Gasteiger partial charge in [-0.15, -0.1) is 0 Å². The summed E-state index contributed by atoms with van der Waals surface area (Å²) >= 11 is 16.5. The Labute approximate surface area is 115 Å². The van der Waals surface area contributed by atoms with E-state index in [1.165, 1.54) is 5.56 Å². The zero-order chi connectivity index (χ0) is 12.6. The summed E-state index contributed by atoms with van der Waals surface area (Å²) in [6.07, 6.45) is 3.82. The number of fused-ring (bicyclic) bond motifs is 1. The molecule has 0 aromatic heterocycles. The third kappa shape index (κ3) is 2.76. The summed E-state index contributed by atoms with van der Waals surface area (Å²) in [7, 11) is 0. The molecule has 17 heavy (non-hydrogen) atoms. The Hall–Kier alpha value is -0.700. The number of carbonyl (C=O) groups is 1. The van der Waals surface area contributed by atoms with Crippen molar-refractivity contribution in [1.29, 1.82) is 0 Å². The number of halogens is 3. The summed E-state index contributed by atoms with van der Waals surface area (Å²) in [5, 5.41) is 2.67. The molecule has 0 spiro atoms. The molecule has 90 valence electrons. The molecule has 1 aromatic rings. The molecule has 0 radical (unpaired) electrons. The summed E-state index contributed by atoms with van der Waals surface area (Å²) in [4.78, 5) is 11.6. The quantitative estimate of drug-likeness (QED) is 0.787. The lowest BCUT2D eigenvalue weighted by Gasteiger charge is -2.17. The highest BCUT2D eigenvalue weighted by Crippen LogP contribution is 2.31. The van der Waals surface area contributed by atoms with Crippen molar-refractivity contribution in [2.45, 2.75) is 16.8 Å². The summed E-state index contributed by atoms with van der Waals surface area (Å²) in [6.45, 7) is 2.02. The number of benzene rings is 1. The van der Waals surface area contributed by atoms with Crippen molar-refractivity contribution >= 4 is 46.8 Å². The minimum Gasteiger partial charge on any atom is -0.342 e. The topological polar surface area (TPSA) is 29.1 Å². The van der Waals surface area contributed by atoms with E-state index in [0.717, 1.165) is 11.1 Å². The van der Waals surface area contributed by atoms with Gasteiger partial charge in [0.1, 0.15) is 0 Å². The number of hydrogen-bond acceptors (Lipinski definition) is 1. The highest BCUT2D eigenvalue weighted by atomic mass is 35.6. The minimum atomic E-state index is -1.93. The van der Waals surface area contributed by atoms with Crippen LogP contribution in [0, 0.1) is 6.92 Å². The molecule has 1 unspecified atom stereocenters. The lowest BCUT2D eigenvalue weighted by Crippen LogP contribution is -2.36. The Morgan fingerprint density at radius 3 is 2.71 bits per heavy atom. The van der Waals surface area contributed by atoms with E-state index in [1.54, 1.807) is 0 Å². The van der Waals surface area contributed by atoms with Gasteiger partial charge in [0.25, 0.3) is 9.70 Å². The number of rotatable bonds is 1. The molecule has 1 N–H and O–H groups in total. The van der Waals surface area contributed by atoms with Gasteiger partial charge < -0.3 is 5.32 Å². The smallest absolute Gasteiger partial charge is 0.272 e. The first kappa shape index (κ1) is 12.7. The fraction of sp³-hybridized carbons (Fsp3) is 0.250. The monoisotopic (exact) mass is 289 g/mol. The second kappa shape index (κ2) is 4.52. The largest absolute Gasteiger partial charge is 0.342 e. The van der Waals surface area contributed by atoms with Crippen molar-refractivity contribution in [3.8, 4) is 0 Å². The maximum atomic E-state index is 11.6. The van der Waals surface area contributed by atoms with Crippen molar-refractivity contribution in [1.82, 2.24) is 5.32 Å². The molecule has 0 aliphatic heterocycles. The molecule has 1 aromatic carbocycles. The van der Waals surface area contributed by atoms with Gasteiger partial charge in [-0.1, -0.05) is 70.7 Å². The molecule has 1 amide bonds. The molecular formula is C12H10Cl3NO. The predicted octanol–water partition coefficient (Wildman–Crippen LogP) is 3.55. The number of carbonyl (C=O) groups excluding carboxylic acids is 1. The summed E-state index contributed by atoms with van der Waals surface area (Å²) in [6, 6.07) is 5.77. The van der Waals surface area contributed by atoms with Crippen molar-refractivity contribution in [2.24, 2.45) is 0 Å². The molecule has 1 atom stereocenters. The van der Waals surface area contributed by atoms with Gasteiger partial charge in [-0.3, -0.25) is 4.79 Å². The number of hydrogen-bond donors (Lipinski definition) is 1. The molecule has 0 heterocycles. The zero-order valence-electron chi connectivity index (χ0n) is 9.01. The molecule has 0 bridgehead atoms. The van der Waals surface area contributed by atoms with Crippen LogP contribution in [0.15, 0.2) is 24.3 Å². The predicted molar refractivity (Wildman–Crippen MR) is 71.4 cm³/mol. The first-order valence-electron chi connectivity index (χ1n) is 5.04. The van der Waals surface area contributed by atoms with Crippen molar-refractivity contribution in [3.05, 3.63) is 41.0 Å². The second-order valence-corrected chi connectivity index (χ2v) is 6.22. The minimum absolute atomic E-state index is 0.228. The molecule has 0 saturated heterocycles. The molecular weight excluding hydrogens is 280 g/mol. The summed E-state index contributed by atoms with van der Waals surface area (Å²) in [5.41, 5.74) is 3.26. The molecule has 1 aliphatic rings. The molecule has 2 nitrogen and oxygen atoms in total. The zero-order valence-corrected chi connectivity index (χ0v) is 11.3. The highest BCUT2D eigenvalue weighted by molar-refractivity contribution is 6.76. The Bertz CT molecular complexity index is 491. The van der Waals surface area contributed by atoms with Crippen LogP contribution in [0.2, 0.25) is 0 Å². The Morgan fingerprint density at radius 1 is 1.35 bits per heavy atom. The molecule has 5 heteroatoms. The van der Waals surface area contributed by atoms with Crippen LogP contribution in [0.25, 0.3) is 6.08 Å². The van der Waals surface area contributed by atoms with Gasteiger partial charge in [-0.05, 0) is 18.1 Å². The van der Waals surface area contributed by atoms with Crippen LogP contribution >= 0.6 is 34.8 Å². The van der Waals surface area contributed by atoms with Gasteiger partial charge in [-0.2, -0.15) is 0 Å². The van der Waals surface area contributed by atoms with Crippen LogP contribution in [0.1, 0.15) is 22.7 Å². The lowest BCUT2D eigenvalue weighted by molar-refractivity contribution is -0.120. The third-order valence-electron chi connectivity index (χ3n) is 2.59. The first-order valence-corrected chi connectivity index (χ1v) is 6.18. The van der Waals surface area contributed by atoms with E-state index in [1.807, 2.05) is 37.3 Å². The molecule has 0 fully saturated rings. The highest BCUT2D eigenvalue weighted by Gasteiger charge is 2.33. The van der Waals surface area contributed by atoms with E-state index in [4.69, 9.17) is 34.8 Å². The second-order valence-electron chi connectivity index (χ2n) is 3.94. The van der Waals surface area contributed by atoms with Crippen molar-refractivity contribution in [2.75, 3.05) is 0 Å². The van der Waals surface area contributed by atoms with Crippen molar-refractivity contribution < 1.29 is 4.79 Å². The van der Waals surface area contributed by atoms with Crippen LogP contribution < -0.4 is 5.32 Å². The van der Waals surface area contributed by atoms with E-state index >= 15 is 0 Å². The lowest BCUT2D eigenvalue weighted by atomic mass is 10.0. The van der Waals surface area contributed by atoms with Gasteiger partial charge in [0, 0.05) is 0 Å². The average Bonchev–Trinajstić information content (AvgIpc) is 2.59. The number of aryl methyl sites for hydroxylation is 1. The van der Waals surface area contributed by atoms with Crippen molar-refractivity contribution in [3.63, 3.8) is 0 Å². The van der Waals surface area contributed by atoms with E-state index in [2.05, 4.69) is 5.32 Å². The van der Waals surface area contributed by atoms with Crippen LogP contribution in [0.5, 0.6) is 0 Å². The van der Waals surface area contributed by atoms with Crippen LogP contribution in [-0.4, -0.2) is 9.70 Å². The standard InChI is InChI=1S/C12H10Cl3NO/c1-7-2-4-9-8(6-7)3-5-10(9)16-11(17)12(13,14)15/h2-6,10H,1H3,(H,16,17). The fourth-order valence-electron chi connectivity index (χ4n) is 1.77. The molecule has 2 rings (SSSR count). The Balaban J connectivity index is 2.19.